The molecule has 3 heteroatoms. The van der Waals surface area contributed by atoms with Crippen molar-refractivity contribution in [3.8, 4) is 17.2 Å². The maximum absolute atomic E-state index is 14.3. The van der Waals surface area contributed by atoms with Gasteiger partial charge < -0.3 is 0 Å². The highest BCUT2D eigenvalue weighted by atomic mass is 19.1. The molecular formula is C18H16FNO. The number of hydrogen-bond donors (Lipinski definition) is 0. The molecule has 21 heavy (non-hydrogen) atoms. The zero-order valence-electron chi connectivity index (χ0n) is 12.1. The maximum Gasteiger partial charge on any atom is 0.156 e. The molecule has 0 unspecified atom stereocenters. The molecule has 0 spiro atoms. The number of Topliss-reactive ketones (excluding diaryl/α,β-unsaturated/α-hetero) is 1. The summed E-state index contributed by atoms with van der Waals surface area (Å²) in [6.07, 6.45) is -0.172. The Kier molecular flexibility index (Phi) is 4.18. The van der Waals surface area contributed by atoms with Crippen LogP contribution in [-0.2, 0) is 10.2 Å². The van der Waals surface area contributed by atoms with E-state index in [-0.39, 0.29) is 18.0 Å². The minimum absolute atomic E-state index is 0.172. The number of nitriles is 1. The van der Waals surface area contributed by atoms with Crippen molar-refractivity contribution in [2.45, 2.75) is 25.7 Å². The molecule has 0 aromatic heterocycles. The predicted octanol–water partition coefficient (Wildman–Crippen LogP) is 4.25. The zero-order chi connectivity index (χ0) is 15.5. The number of halogens is 1. The van der Waals surface area contributed by atoms with Crippen LogP contribution < -0.4 is 0 Å². The highest BCUT2D eigenvalue weighted by molar-refractivity contribution is 5.90. The summed E-state index contributed by atoms with van der Waals surface area (Å²) in [5, 5.41) is 8.65. The SMILES string of the molecule is CC(C)(C(=O)CC#N)c1ccc(-c2ccccc2)c(F)c1. The van der Waals surface area contributed by atoms with E-state index >= 15 is 0 Å². The first kappa shape index (κ1) is 14.9. The Morgan fingerprint density at radius 1 is 1.19 bits per heavy atom. The van der Waals surface area contributed by atoms with Crippen LogP contribution >= 0.6 is 0 Å². The molecule has 0 aliphatic heterocycles. The van der Waals surface area contributed by atoms with Crippen LogP contribution in [0.4, 0.5) is 4.39 Å². The van der Waals surface area contributed by atoms with Crippen LogP contribution in [0.5, 0.6) is 0 Å². The second-order valence-electron chi connectivity index (χ2n) is 5.44. The first-order chi connectivity index (χ1) is 9.96. The summed E-state index contributed by atoms with van der Waals surface area (Å²) in [6.45, 7) is 3.42. The van der Waals surface area contributed by atoms with Gasteiger partial charge in [-0.1, -0.05) is 42.5 Å². The Balaban J connectivity index is 2.40. The molecule has 0 bridgehead atoms. The Bertz CT molecular complexity index is 699. The van der Waals surface area contributed by atoms with Crippen LogP contribution in [0.1, 0.15) is 25.8 Å². The van der Waals surface area contributed by atoms with Gasteiger partial charge in [-0.05, 0) is 31.0 Å². The van der Waals surface area contributed by atoms with Crippen molar-refractivity contribution in [3.05, 3.63) is 59.9 Å². The quantitative estimate of drug-likeness (QED) is 0.840. The molecular weight excluding hydrogens is 265 g/mol. The number of carbonyl (C=O) groups excluding carboxylic acids is 1. The van der Waals surface area contributed by atoms with Gasteiger partial charge in [0.15, 0.2) is 5.78 Å². The summed E-state index contributed by atoms with van der Waals surface area (Å²) >= 11 is 0. The first-order valence-corrected chi connectivity index (χ1v) is 6.72. The number of rotatable bonds is 4. The van der Waals surface area contributed by atoms with Crippen molar-refractivity contribution in [1.82, 2.24) is 0 Å². The molecule has 0 heterocycles. The average molecular weight is 281 g/mol. The molecule has 0 N–H and O–H groups in total. The van der Waals surface area contributed by atoms with E-state index in [2.05, 4.69) is 0 Å². The maximum atomic E-state index is 14.3. The van der Waals surface area contributed by atoms with Crippen molar-refractivity contribution in [3.63, 3.8) is 0 Å². The standard InChI is InChI=1S/C18H16FNO/c1-18(2,17(21)10-11-20)14-8-9-15(16(19)12-14)13-6-4-3-5-7-13/h3-9,12H,10H2,1-2H3. The molecule has 2 aromatic rings. The van der Waals surface area contributed by atoms with Crippen LogP contribution in [-0.4, -0.2) is 5.78 Å². The highest BCUT2D eigenvalue weighted by Crippen LogP contribution is 2.30. The third-order valence-corrected chi connectivity index (χ3v) is 3.71. The van der Waals surface area contributed by atoms with Crippen LogP contribution in [0.3, 0.4) is 0 Å². The van der Waals surface area contributed by atoms with Gasteiger partial charge in [-0.15, -0.1) is 0 Å². The van der Waals surface area contributed by atoms with E-state index < -0.39 is 5.41 Å². The van der Waals surface area contributed by atoms with Gasteiger partial charge in [0.25, 0.3) is 0 Å². The molecule has 0 aliphatic carbocycles. The fraction of sp³-hybridized carbons (Fsp3) is 0.222. The molecule has 106 valence electrons. The van der Waals surface area contributed by atoms with Crippen LogP contribution in [0, 0.1) is 17.1 Å². The second kappa shape index (κ2) is 5.88. The topological polar surface area (TPSA) is 40.9 Å². The molecule has 0 atom stereocenters. The Labute approximate surface area is 123 Å². The molecule has 0 fully saturated rings. The summed E-state index contributed by atoms with van der Waals surface area (Å²) in [5.41, 5.74) is 1.01. The van der Waals surface area contributed by atoms with Gasteiger partial charge in [0.2, 0.25) is 0 Å². The number of nitrogens with zero attached hydrogens (tertiary/aromatic N) is 1. The van der Waals surface area contributed by atoms with Crippen LogP contribution in [0.2, 0.25) is 0 Å². The summed E-state index contributed by atoms with van der Waals surface area (Å²) in [6, 6.07) is 15.9. The summed E-state index contributed by atoms with van der Waals surface area (Å²) in [7, 11) is 0. The fourth-order valence-corrected chi connectivity index (χ4v) is 2.21. The van der Waals surface area contributed by atoms with Gasteiger partial charge in [-0.25, -0.2) is 4.39 Å². The van der Waals surface area contributed by atoms with Crippen molar-refractivity contribution in [1.29, 1.82) is 5.26 Å². The highest BCUT2D eigenvalue weighted by Gasteiger charge is 2.29. The van der Waals surface area contributed by atoms with Crippen LogP contribution in [0.15, 0.2) is 48.5 Å². The zero-order valence-corrected chi connectivity index (χ0v) is 12.1. The van der Waals surface area contributed by atoms with Gasteiger partial charge >= 0.3 is 0 Å². The summed E-state index contributed by atoms with van der Waals surface area (Å²) < 4.78 is 14.3. The summed E-state index contributed by atoms with van der Waals surface area (Å²) in [5.74, 6) is -0.576. The van der Waals surface area contributed by atoms with Gasteiger partial charge in [0, 0.05) is 11.0 Å². The Hall–Kier alpha value is -2.47. The van der Waals surface area contributed by atoms with Gasteiger partial charge in [0.1, 0.15) is 5.82 Å². The normalized spacial score (nSPS) is 11.0. The van der Waals surface area contributed by atoms with Crippen molar-refractivity contribution >= 4 is 5.78 Å². The van der Waals surface area contributed by atoms with Gasteiger partial charge in [-0.3, -0.25) is 4.79 Å². The number of benzene rings is 2. The molecule has 0 saturated heterocycles. The first-order valence-electron chi connectivity index (χ1n) is 6.72. The van der Waals surface area contributed by atoms with E-state index in [1.807, 2.05) is 36.4 Å². The second-order valence-corrected chi connectivity index (χ2v) is 5.44. The number of carbonyl (C=O) groups is 1. The van der Waals surface area contributed by atoms with Crippen LogP contribution in [0.25, 0.3) is 11.1 Å². The lowest BCUT2D eigenvalue weighted by Gasteiger charge is -2.23. The fourth-order valence-electron chi connectivity index (χ4n) is 2.21. The number of ketones is 1. The van der Waals surface area contributed by atoms with Gasteiger partial charge in [0.05, 0.1) is 12.5 Å². The lowest BCUT2D eigenvalue weighted by Crippen LogP contribution is -2.28. The molecule has 2 nitrogen and oxygen atoms in total. The third kappa shape index (κ3) is 3.00. The molecule has 0 amide bonds. The van der Waals surface area contributed by atoms with Crippen molar-refractivity contribution in [2.24, 2.45) is 0 Å². The van der Waals surface area contributed by atoms with E-state index in [0.717, 1.165) is 5.56 Å². The predicted molar refractivity (Wildman–Crippen MR) is 80.1 cm³/mol. The minimum atomic E-state index is -0.869. The number of hydrogen-bond acceptors (Lipinski definition) is 2. The summed E-state index contributed by atoms with van der Waals surface area (Å²) in [4.78, 5) is 12.0. The average Bonchev–Trinajstić information content (AvgIpc) is 2.48. The Morgan fingerprint density at radius 2 is 1.86 bits per heavy atom. The molecule has 2 aromatic carbocycles. The van der Waals surface area contributed by atoms with E-state index in [1.165, 1.54) is 6.07 Å². The van der Waals surface area contributed by atoms with E-state index in [4.69, 9.17) is 5.26 Å². The van der Waals surface area contributed by atoms with E-state index in [9.17, 15) is 9.18 Å². The molecule has 2 rings (SSSR count). The molecule has 0 radical (unpaired) electrons. The van der Waals surface area contributed by atoms with E-state index in [0.29, 0.717) is 11.1 Å². The Morgan fingerprint density at radius 3 is 2.43 bits per heavy atom. The minimum Gasteiger partial charge on any atom is -0.298 e. The largest absolute Gasteiger partial charge is 0.298 e. The van der Waals surface area contributed by atoms with Gasteiger partial charge in [-0.2, -0.15) is 5.26 Å². The monoisotopic (exact) mass is 281 g/mol. The molecule has 0 aliphatic rings. The van der Waals surface area contributed by atoms with E-state index in [1.54, 1.807) is 26.0 Å². The van der Waals surface area contributed by atoms with Crippen molar-refractivity contribution in [2.75, 3.05) is 0 Å². The lowest BCUT2D eigenvalue weighted by atomic mass is 9.79. The lowest BCUT2D eigenvalue weighted by molar-refractivity contribution is -0.122. The van der Waals surface area contributed by atoms with Crippen molar-refractivity contribution < 1.29 is 9.18 Å². The molecule has 0 saturated carbocycles. The third-order valence-electron chi connectivity index (χ3n) is 3.71. The smallest absolute Gasteiger partial charge is 0.156 e.